The first-order valence-electron chi connectivity index (χ1n) is 22.5. The second kappa shape index (κ2) is 12.8. The molecule has 2 nitrogen and oxygen atoms in total. The maximum Gasteiger partial charge on any atom is 0.0726 e. The van der Waals surface area contributed by atoms with Gasteiger partial charge in [0.2, 0.25) is 0 Å². The van der Waals surface area contributed by atoms with Crippen molar-refractivity contribution in [2.45, 2.75) is 24.7 Å². The summed E-state index contributed by atoms with van der Waals surface area (Å²) in [6.45, 7) is 4.72. The van der Waals surface area contributed by atoms with Gasteiger partial charge in [0.15, 0.2) is 0 Å². The molecule has 0 atom stereocenters. The smallest absolute Gasteiger partial charge is 0.0726 e. The molecule has 2 heteroatoms. The highest BCUT2D eigenvalue weighted by Gasteiger charge is 2.50. The Morgan fingerprint density at radius 3 is 1.64 bits per heavy atom. The minimum Gasteiger partial charge on any atom is -0.310 e. The average molecular weight is 815 g/mol. The molecule has 3 aliphatic rings. The fourth-order valence-corrected chi connectivity index (χ4v) is 12.3. The molecule has 3 aliphatic carbocycles. The van der Waals surface area contributed by atoms with E-state index >= 15 is 0 Å². The summed E-state index contributed by atoms with van der Waals surface area (Å²) in [4.78, 5) is 2.41. The van der Waals surface area contributed by atoms with Crippen LogP contribution in [0.15, 0.2) is 218 Å². The SMILES string of the molecule is CC1(C)c2ccccc2-c2ccc(N(c3ccccc3)c3ccc(-c4cc5c6c7c8c(cccc8ccc7n(-c7ccccc7)c6c4)C54c5ccccc5-c5ccccc54)cc3)cc21. The Hall–Kier alpha value is -7.94. The summed E-state index contributed by atoms with van der Waals surface area (Å²) in [6, 6.07) is 81.9. The normalized spacial score (nSPS) is 14.3. The molecular weight excluding hydrogens is 773 g/mol. The number of anilines is 3. The fourth-order valence-electron chi connectivity index (χ4n) is 12.3. The summed E-state index contributed by atoms with van der Waals surface area (Å²) < 4.78 is 2.51. The molecule has 11 aromatic rings. The van der Waals surface area contributed by atoms with Crippen molar-refractivity contribution in [2.24, 2.45) is 0 Å². The van der Waals surface area contributed by atoms with Crippen LogP contribution in [0.5, 0.6) is 0 Å². The molecule has 0 aliphatic heterocycles. The van der Waals surface area contributed by atoms with Crippen LogP contribution in [0.1, 0.15) is 47.2 Å². The summed E-state index contributed by atoms with van der Waals surface area (Å²) in [7, 11) is 0. The highest BCUT2D eigenvalue weighted by Crippen LogP contribution is 2.62. The zero-order valence-electron chi connectivity index (χ0n) is 35.7. The largest absolute Gasteiger partial charge is 0.310 e. The van der Waals surface area contributed by atoms with Crippen LogP contribution in [-0.2, 0) is 10.8 Å². The van der Waals surface area contributed by atoms with Gasteiger partial charge in [-0.25, -0.2) is 0 Å². The van der Waals surface area contributed by atoms with E-state index < -0.39 is 5.41 Å². The number of para-hydroxylation sites is 2. The first kappa shape index (κ1) is 35.6. The highest BCUT2D eigenvalue weighted by atomic mass is 15.1. The molecule has 64 heavy (non-hydrogen) atoms. The molecule has 14 rings (SSSR count). The molecule has 0 fully saturated rings. The van der Waals surface area contributed by atoms with E-state index in [2.05, 4.69) is 242 Å². The third-order valence-corrected chi connectivity index (χ3v) is 14.9. The molecule has 0 bridgehead atoms. The minimum atomic E-state index is -0.504. The van der Waals surface area contributed by atoms with E-state index in [9.17, 15) is 0 Å². The van der Waals surface area contributed by atoms with Gasteiger partial charge in [-0.3, -0.25) is 0 Å². The minimum absolute atomic E-state index is 0.0979. The number of nitrogens with zero attached hydrogens (tertiary/aromatic N) is 2. The number of hydrogen-bond donors (Lipinski definition) is 0. The number of aromatic nitrogens is 1. The van der Waals surface area contributed by atoms with Crippen LogP contribution < -0.4 is 4.90 Å². The number of hydrogen-bond acceptors (Lipinski definition) is 1. The first-order valence-corrected chi connectivity index (χ1v) is 22.5. The van der Waals surface area contributed by atoms with Gasteiger partial charge in [0, 0.05) is 38.9 Å². The van der Waals surface area contributed by atoms with E-state index in [1.54, 1.807) is 0 Å². The lowest BCUT2D eigenvalue weighted by atomic mass is 9.63. The highest BCUT2D eigenvalue weighted by molar-refractivity contribution is 6.27. The van der Waals surface area contributed by atoms with Crippen LogP contribution in [-0.4, -0.2) is 4.57 Å². The van der Waals surface area contributed by atoms with Crippen molar-refractivity contribution in [3.63, 3.8) is 0 Å². The molecule has 0 N–H and O–H groups in total. The van der Waals surface area contributed by atoms with Crippen molar-refractivity contribution < 1.29 is 0 Å². The molecule has 0 saturated heterocycles. The van der Waals surface area contributed by atoms with E-state index in [1.807, 2.05) is 0 Å². The van der Waals surface area contributed by atoms with Crippen LogP contribution in [0.2, 0.25) is 0 Å². The maximum absolute atomic E-state index is 2.54. The Bertz CT molecular complexity index is 3700. The second-order valence-electron chi connectivity index (χ2n) is 18.4. The predicted molar refractivity (Wildman–Crippen MR) is 267 cm³/mol. The van der Waals surface area contributed by atoms with Crippen LogP contribution in [0.4, 0.5) is 17.1 Å². The maximum atomic E-state index is 2.54. The van der Waals surface area contributed by atoms with Crippen LogP contribution in [0.25, 0.3) is 71.6 Å². The lowest BCUT2D eigenvalue weighted by Crippen LogP contribution is -2.30. The van der Waals surface area contributed by atoms with E-state index in [4.69, 9.17) is 0 Å². The van der Waals surface area contributed by atoms with E-state index in [0.717, 1.165) is 17.1 Å². The first-order chi connectivity index (χ1) is 31.5. The number of fused-ring (bicyclic) bond motifs is 10. The van der Waals surface area contributed by atoms with E-state index in [0.29, 0.717) is 0 Å². The van der Waals surface area contributed by atoms with Gasteiger partial charge in [-0.15, -0.1) is 0 Å². The van der Waals surface area contributed by atoms with Gasteiger partial charge in [-0.2, -0.15) is 0 Å². The molecule has 0 radical (unpaired) electrons. The summed E-state index contributed by atoms with van der Waals surface area (Å²) in [6.07, 6.45) is 0. The number of benzene rings is 10. The van der Waals surface area contributed by atoms with Gasteiger partial charge in [-0.1, -0.05) is 166 Å². The van der Waals surface area contributed by atoms with Gasteiger partial charge in [0.1, 0.15) is 0 Å². The molecule has 0 unspecified atom stereocenters. The summed E-state index contributed by atoms with van der Waals surface area (Å²) in [5.41, 5.74) is 22.3. The van der Waals surface area contributed by atoms with Crippen molar-refractivity contribution in [1.29, 1.82) is 0 Å². The molecular formula is C62H42N2. The topological polar surface area (TPSA) is 8.17 Å². The lowest BCUT2D eigenvalue weighted by Gasteiger charge is -2.38. The zero-order valence-corrected chi connectivity index (χ0v) is 35.7. The van der Waals surface area contributed by atoms with Crippen molar-refractivity contribution in [1.82, 2.24) is 4.57 Å². The molecule has 0 amide bonds. The van der Waals surface area contributed by atoms with Crippen molar-refractivity contribution in [2.75, 3.05) is 4.90 Å². The van der Waals surface area contributed by atoms with Gasteiger partial charge in [-0.05, 0) is 144 Å². The molecule has 1 heterocycles. The zero-order chi connectivity index (χ0) is 42.3. The van der Waals surface area contributed by atoms with Crippen molar-refractivity contribution in [3.8, 4) is 39.1 Å². The Labute approximate surface area is 372 Å². The van der Waals surface area contributed by atoms with Gasteiger partial charge >= 0.3 is 0 Å². The van der Waals surface area contributed by atoms with E-state index in [1.165, 1.54) is 105 Å². The Morgan fingerprint density at radius 1 is 0.344 bits per heavy atom. The lowest BCUT2D eigenvalue weighted by molar-refractivity contribution is 0.660. The second-order valence-corrected chi connectivity index (χ2v) is 18.4. The van der Waals surface area contributed by atoms with E-state index in [-0.39, 0.29) is 5.41 Å². The van der Waals surface area contributed by atoms with Crippen molar-refractivity contribution in [3.05, 3.63) is 252 Å². The van der Waals surface area contributed by atoms with Crippen molar-refractivity contribution >= 4 is 49.6 Å². The Morgan fingerprint density at radius 2 is 0.922 bits per heavy atom. The fraction of sp³-hybridized carbons (Fsp3) is 0.0645. The van der Waals surface area contributed by atoms with Gasteiger partial charge < -0.3 is 9.47 Å². The third-order valence-electron chi connectivity index (χ3n) is 14.9. The monoisotopic (exact) mass is 814 g/mol. The third kappa shape index (κ3) is 4.54. The average Bonchev–Trinajstić information content (AvgIpc) is 3.93. The molecule has 1 spiro atoms. The predicted octanol–water partition coefficient (Wildman–Crippen LogP) is 16.1. The summed E-state index contributed by atoms with van der Waals surface area (Å²) in [5.74, 6) is 0. The van der Waals surface area contributed by atoms with Gasteiger partial charge in [0.05, 0.1) is 16.4 Å². The molecule has 0 saturated carbocycles. The summed E-state index contributed by atoms with van der Waals surface area (Å²) in [5, 5.41) is 5.32. The van der Waals surface area contributed by atoms with Gasteiger partial charge in [0.25, 0.3) is 0 Å². The molecule has 10 aromatic carbocycles. The molecule has 1 aromatic heterocycles. The Balaban J connectivity index is 1.01. The standard InChI is InChI=1S/C62H42N2/c1-61(2)50-24-12-9-21-46(50)49-34-33-45(38-54(49)61)63(42-17-5-3-6-18-42)44-31-28-39(29-32-44)41-36-55-59-57(37-41)64(43-19-7-4-8-20-43)56-35-30-40-16-15-27-53(58(40)60(56)59)62(55)51-25-13-10-22-47(51)48-23-11-14-26-52(48)62/h3-38H,1-2H3. The quantitative estimate of drug-likeness (QED) is 0.168. The van der Waals surface area contributed by atoms with Crippen LogP contribution >= 0.6 is 0 Å². The van der Waals surface area contributed by atoms with Crippen LogP contribution in [0.3, 0.4) is 0 Å². The summed E-state index contributed by atoms with van der Waals surface area (Å²) >= 11 is 0. The Kier molecular flexibility index (Phi) is 7.13. The van der Waals surface area contributed by atoms with Crippen LogP contribution in [0, 0.1) is 0 Å². The molecule has 300 valence electrons. The number of rotatable bonds is 5.